The monoisotopic (exact) mass is 487 g/mol. The van der Waals surface area contributed by atoms with Gasteiger partial charge in [0.1, 0.15) is 12.1 Å². The smallest absolute Gasteiger partial charge is 0.326 e. The highest BCUT2D eigenvalue weighted by Crippen LogP contribution is 2.20. The van der Waals surface area contributed by atoms with Crippen LogP contribution in [0.1, 0.15) is 49.5 Å². The fourth-order valence-electron chi connectivity index (χ4n) is 3.30. The number of nitrogens with one attached hydrogen (secondary N) is 3. The summed E-state index contributed by atoms with van der Waals surface area (Å²) in [7, 11) is 0. The lowest BCUT2D eigenvalue weighted by molar-refractivity contribution is -0.141. The molecule has 12 heteroatoms. The van der Waals surface area contributed by atoms with Crippen molar-refractivity contribution >= 4 is 23.9 Å². The number of aromatic nitrogens is 2. The minimum Gasteiger partial charge on any atom is -0.481 e. The molecular formula is C23H29N5O7. The number of carboxylic acids is 3. The Bertz CT molecular complexity index is 935. The molecule has 188 valence electrons. The Morgan fingerprint density at radius 1 is 0.800 bits per heavy atom. The van der Waals surface area contributed by atoms with Crippen LogP contribution in [0.15, 0.2) is 48.8 Å². The Balaban J connectivity index is 1.86. The number of carbonyl (C=O) groups is 4. The maximum absolute atomic E-state index is 11.9. The van der Waals surface area contributed by atoms with Gasteiger partial charge in [-0.25, -0.2) is 9.59 Å². The maximum atomic E-state index is 11.9. The third-order valence-electron chi connectivity index (χ3n) is 5.09. The predicted octanol–water partition coefficient (Wildman–Crippen LogP) is 1.40. The molecule has 0 aromatic carbocycles. The highest BCUT2D eigenvalue weighted by atomic mass is 16.4. The Morgan fingerprint density at radius 2 is 1.40 bits per heavy atom. The first kappa shape index (κ1) is 27.2. The third kappa shape index (κ3) is 9.76. The van der Waals surface area contributed by atoms with Crippen LogP contribution in [-0.2, 0) is 14.4 Å². The van der Waals surface area contributed by atoms with Crippen LogP contribution >= 0.6 is 0 Å². The van der Waals surface area contributed by atoms with Crippen LogP contribution in [0.25, 0.3) is 0 Å². The molecular weight excluding hydrogens is 458 g/mol. The number of rotatable bonds is 15. The summed E-state index contributed by atoms with van der Waals surface area (Å²) in [4.78, 5) is 54.2. The van der Waals surface area contributed by atoms with Crippen molar-refractivity contribution in [1.82, 2.24) is 25.9 Å². The van der Waals surface area contributed by atoms with Crippen molar-refractivity contribution in [3.8, 4) is 0 Å². The molecule has 0 aliphatic rings. The van der Waals surface area contributed by atoms with E-state index in [1.54, 1.807) is 36.7 Å². The molecule has 2 rings (SSSR count). The second-order valence-electron chi connectivity index (χ2n) is 7.72. The first-order valence-corrected chi connectivity index (χ1v) is 11.1. The number of carboxylic acid groups (broad SMARTS) is 3. The minimum atomic E-state index is -1.33. The van der Waals surface area contributed by atoms with Gasteiger partial charge < -0.3 is 26.0 Å². The summed E-state index contributed by atoms with van der Waals surface area (Å²) in [5, 5.41) is 35.3. The molecule has 2 aromatic rings. The fourth-order valence-corrected chi connectivity index (χ4v) is 3.30. The Labute approximate surface area is 201 Å². The summed E-state index contributed by atoms with van der Waals surface area (Å²) in [5.74, 6) is -3.52. The molecule has 35 heavy (non-hydrogen) atoms. The summed E-state index contributed by atoms with van der Waals surface area (Å²) in [6, 6.07) is 7.24. The number of carbonyl (C=O) groups excluding carboxylic acids is 1. The molecule has 2 amide bonds. The molecule has 0 aliphatic carbocycles. The molecule has 2 atom stereocenters. The Kier molecular flexibility index (Phi) is 11.1. The zero-order chi connectivity index (χ0) is 25.6. The standard InChI is InChI=1S/C23H29N5O7/c29-19(30)11-10-18(22(33)34)28-23(35)26-14-6-3-9-17(21(31)32)27-20(15-7-1-4-12-24-15)16-8-2-5-13-25-16/h1-2,4-5,7-8,12-13,17-18,20,27H,3,6,9-11,14H2,(H,29,30)(H,31,32)(H,33,34)(H2,26,28,35). The van der Waals surface area contributed by atoms with E-state index >= 15 is 0 Å². The Hall–Kier alpha value is -4.06. The van der Waals surface area contributed by atoms with E-state index in [-0.39, 0.29) is 19.4 Å². The van der Waals surface area contributed by atoms with Gasteiger partial charge in [0.15, 0.2) is 0 Å². The van der Waals surface area contributed by atoms with Crippen molar-refractivity contribution in [2.24, 2.45) is 0 Å². The molecule has 6 N–H and O–H groups in total. The van der Waals surface area contributed by atoms with E-state index in [9.17, 15) is 24.3 Å². The highest BCUT2D eigenvalue weighted by Gasteiger charge is 2.25. The van der Waals surface area contributed by atoms with E-state index < -0.39 is 48.5 Å². The van der Waals surface area contributed by atoms with Crippen molar-refractivity contribution in [3.63, 3.8) is 0 Å². The average molecular weight is 488 g/mol. The molecule has 0 radical (unpaired) electrons. The average Bonchev–Trinajstić information content (AvgIpc) is 2.84. The quantitative estimate of drug-likeness (QED) is 0.200. The highest BCUT2D eigenvalue weighted by molar-refractivity contribution is 5.83. The van der Waals surface area contributed by atoms with Gasteiger partial charge >= 0.3 is 23.9 Å². The number of pyridine rings is 2. The van der Waals surface area contributed by atoms with Crippen LogP contribution in [0.3, 0.4) is 0 Å². The van der Waals surface area contributed by atoms with Gasteiger partial charge in [0.2, 0.25) is 0 Å². The van der Waals surface area contributed by atoms with Gasteiger partial charge in [-0.05, 0) is 49.9 Å². The summed E-state index contributed by atoms with van der Waals surface area (Å²) in [6.45, 7) is 0.188. The summed E-state index contributed by atoms with van der Waals surface area (Å²) in [5.41, 5.74) is 1.26. The van der Waals surface area contributed by atoms with E-state index in [1.807, 2.05) is 12.1 Å². The van der Waals surface area contributed by atoms with E-state index in [0.29, 0.717) is 24.2 Å². The molecule has 0 saturated heterocycles. The van der Waals surface area contributed by atoms with Gasteiger partial charge in [-0.3, -0.25) is 24.9 Å². The summed E-state index contributed by atoms with van der Waals surface area (Å²) >= 11 is 0. The number of amides is 2. The number of hydrogen-bond acceptors (Lipinski definition) is 7. The van der Waals surface area contributed by atoms with E-state index in [4.69, 9.17) is 10.2 Å². The van der Waals surface area contributed by atoms with Crippen LogP contribution in [0.5, 0.6) is 0 Å². The number of hydrogen-bond donors (Lipinski definition) is 6. The first-order chi connectivity index (χ1) is 16.8. The predicted molar refractivity (Wildman–Crippen MR) is 124 cm³/mol. The molecule has 0 fully saturated rings. The minimum absolute atomic E-state index is 0.188. The van der Waals surface area contributed by atoms with Crippen LogP contribution < -0.4 is 16.0 Å². The maximum Gasteiger partial charge on any atom is 0.326 e. The number of urea groups is 1. The molecule has 0 aliphatic heterocycles. The molecule has 2 unspecified atom stereocenters. The van der Waals surface area contributed by atoms with Crippen molar-refractivity contribution in [1.29, 1.82) is 0 Å². The molecule has 0 spiro atoms. The van der Waals surface area contributed by atoms with E-state index in [1.165, 1.54) is 0 Å². The van der Waals surface area contributed by atoms with Crippen LogP contribution in [0, 0.1) is 0 Å². The lowest BCUT2D eigenvalue weighted by Crippen LogP contribution is -2.46. The molecule has 0 bridgehead atoms. The van der Waals surface area contributed by atoms with Crippen LogP contribution in [-0.4, -0.2) is 67.9 Å². The lowest BCUT2D eigenvalue weighted by atomic mass is 10.0. The summed E-state index contributed by atoms with van der Waals surface area (Å²) in [6.07, 6.45) is 3.79. The number of nitrogens with zero attached hydrogens (tertiary/aromatic N) is 2. The van der Waals surface area contributed by atoms with Crippen molar-refractivity contribution in [2.45, 2.75) is 50.2 Å². The van der Waals surface area contributed by atoms with Crippen LogP contribution in [0.2, 0.25) is 0 Å². The number of aliphatic carboxylic acids is 3. The van der Waals surface area contributed by atoms with Crippen molar-refractivity contribution in [2.75, 3.05) is 6.54 Å². The van der Waals surface area contributed by atoms with Gasteiger partial charge in [0.05, 0.1) is 17.4 Å². The van der Waals surface area contributed by atoms with E-state index in [0.717, 1.165) is 0 Å². The third-order valence-corrected chi connectivity index (χ3v) is 5.09. The molecule has 2 heterocycles. The van der Waals surface area contributed by atoms with Crippen molar-refractivity contribution < 1.29 is 34.5 Å². The molecule has 2 aromatic heterocycles. The normalized spacial score (nSPS) is 12.5. The topological polar surface area (TPSA) is 191 Å². The first-order valence-electron chi connectivity index (χ1n) is 11.1. The van der Waals surface area contributed by atoms with Gasteiger partial charge in [-0.1, -0.05) is 12.1 Å². The van der Waals surface area contributed by atoms with Crippen LogP contribution in [0.4, 0.5) is 4.79 Å². The second kappa shape index (κ2) is 14.3. The second-order valence-corrected chi connectivity index (χ2v) is 7.72. The van der Waals surface area contributed by atoms with Gasteiger partial charge in [-0.15, -0.1) is 0 Å². The van der Waals surface area contributed by atoms with Crippen molar-refractivity contribution in [3.05, 3.63) is 60.2 Å². The largest absolute Gasteiger partial charge is 0.481 e. The van der Waals surface area contributed by atoms with Gasteiger partial charge in [0, 0.05) is 25.4 Å². The number of unbranched alkanes of at least 4 members (excludes halogenated alkanes) is 1. The van der Waals surface area contributed by atoms with Gasteiger partial charge in [-0.2, -0.15) is 0 Å². The fraction of sp³-hybridized carbons (Fsp3) is 0.391. The SMILES string of the molecule is O=C(O)CCC(NC(=O)NCCCCC(NC(c1ccccn1)c1ccccn1)C(=O)O)C(=O)O. The molecule has 0 saturated carbocycles. The Morgan fingerprint density at radius 3 is 1.89 bits per heavy atom. The zero-order valence-corrected chi connectivity index (χ0v) is 19.0. The van der Waals surface area contributed by atoms with Gasteiger partial charge in [0.25, 0.3) is 0 Å². The molecule has 12 nitrogen and oxygen atoms in total. The zero-order valence-electron chi connectivity index (χ0n) is 19.0. The lowest BCUT2D eigenvalue weighted by Gasteiger charge is -2.23. The van der Waals surface area contributed by atoms with E-state index in [2.05, 4.69) is 25.9 Å². The summed E-state index contributed by atoms with van der Waals surface area (Å²) < 4.78 is 0.